The maximum absolute atomic E-state index is 12.2. The highest BCUT2D eigenvalue weighted by atomic mass is 32.2. The average Bonchev–Trinajstić information content (AvgIpc) is 2.55. The summed E-state index contributed by atoms with van der Waals surface area (Å²) >= 11 is 1.50. The highest BCUT2D eigenvalue weighted by molar-refractivity contribution is 8.00. The molecule has 0 aromatic heterocycles. The van der Waals surface area contributed by atoms with Gasteiger partial charge in [-0.15, -0.1) is 11.8 Å². The van der Waals surface area contributed by atoms with Gasteiger partial charge in [0.2, 0.25) is 5.91 Å². The van der Waals surface area contributed by atoms with Crippen LogP contribution in [-0.4, -0.2) is 54.0 Å². The number of amides is 1. The van der Waals surface area contributed by atoms with E-state index in [0.29, 0.717) is 18.9 Å². The fourth-order valence-corrected chi connectivity index (χ4v) is 3.19. The van der Waals surface area contributed by atoms with Crippen molar-refractivity contribution >= 4 is 17.7 Å². The molecule has 6 heteroatoms. The second kappa shape index (κ2) is 9.02. The van der Waals surface area contributed by atoms with Gasteiger partial charge in [-0.2, -0.15) is 0 Å². The van der Waals surface area contributed by atoms with Crippen molar-refractivity contribution in [2.24, 2.45) is 5.73 Å². The Kier molecular flexibility index (Phi) is 7.02. The Morgan fingerprint density at radius 3 is 2.64 bits per heavy atom. The normalized spacial score (nSPS) is 16.0. The number of benzene rings is 1. The van der Waals surface area contributed by atoms with Crippen molar-refractivity contribution in [1.29, 1.82) is 0 Å². The number of rotatable bonds is 7. The number of carbonyl (C=O) groups excluding carboxylic acids is 1. The van der Waals surface area contributed by atoms with Crippen molar-refractivity contribution in [3.8, 4) is 5.75 Å². The minimum atomic E-state index is 0.165. The topological polar surface area (TPSA) is 75.8 Å². The summed E-state index contributed by atoms with van der Waals surface area (Å²) in [4.78, 5) is 15.1. The molecule has 0 aliphatic carbocycles. The third-order valence-electron chi connectivity index (χ3n) is 3.70. The minimum Gasteiger partial charge on any atom is -0.508 e. The molecule has 0 spiro atoms. The van der Waals surface area contributed by atoms with Crippen LogP contribution in [-0.2, 0) is 9.53 Å². The molecule has 122 valence electrons. The first kappa shape index (κ1) is 17.1. The first-order valence-corrected chi connectivity index (χ1v) is 8.69. The van der Waals surface area contributed by atoms with Gasteiger partial charge in [0, 0.05) is 24.6 Å². The first-order chi connectivity index (χ1) is 10.7. The molecule has 1 aromatic carbocycles. The van der Waals surface area contributed by atoms with E-state index < -0.39 is 0 Å². The van der Waals surface area contributed by atoms with Crippen LogP contribution in [0.2, 0.25) is 0 Å². The van der Waals surface area contributed by atoms with Crippen LogP contribution in [0, 0.1) is 0 Å². The molecule has 0 bridgehead atoms. The SMILES string of the molecule is NCCCOC1CCN(C(=O)CSc2ccc(O)cc2)CC1. The largest absolute Gasteiger partial charge is 0.508 e. The summed E-state index contributed by atoms with van der Waals surface area (Å²) in [5.41, 5.74) is 5.45. The van der Waals surface area contributed by atoms with E-state index in [0.717, 1.165) is 37.2 Å². The van der Waals surface area contributed by atoms with Crippen molar-refractivity contribution < 1.29 is 14.6 Å². The molecule has 1 fully saturated rings. The van der Waals surface area contributed by atoms with Crippen LogP contribution in [0.1, 0.15) is 19.3 Å². The number of hydrogen-bond acceptors (Lipinski definition) is 5. The summed E-state index contributed by atoms with van der Waals surface area (Å²) in [6.07, 6.45) is 2.96. The van der Waals surface area contributed by atoms with Gasteiger partial charge in [0.25, 0.3) is 0 Å². The van der Waals surface area contributed by atoms with Crippen LogP contribution in [0.3, 0.4) is 0 Å². The maximum Gasteiger partial charge on any atom is 0.232 e. The predicted octanol–water partition coefficient (Wildman–Crippen LogP) is 1.84. The van der Waals surface area contributed by atoms with E-state index in [1.54, 1.807) is 12.1 Å². The number of likely N-dealkylation sites (tertiary alicyclic amines) is 1. The van der Waals surface area contributed by atoms with Gasteiger partial charge in [0.1, 0.15) is 5.75 Å². The van der Waals surface area contributed by atoms with E-state index in [1.807, 2.05) is 17.0 Å². The van der Waals surface area contributed by atoms with Gasteiger partial charge in [-0.3, -0.25) is 4.79 Å². The summed E-state index contributed by atoms with van der Waals surface area (Å²) in [5, 5.41) is 9.24. The fraction of sp³-hybridized carbons (Fsp3) is 0.562. The standard InChI is InChI=1S/C16H24N2O3S/c17-8-1-11-21-14-6-9-18(10-7-14)16(20)12-22-15-4-2-13(19)3-5-15/h2-5,14,19H,1,6-12,17H2. The molecule has 1 aromatic rings. The van der Waals surface area contributed by atoms with Crippen molar-refractivity contribution in [3.63, 3.8) is 0 Å². The highest BCUT2D eigenvalue weighted by Gasteiger charge is 2.22. The Bertz CT molecular complexity index is 459. The highest BCUT2D eigenvalue weighted by Crippen LogP contribution is 2.22. The molecule has 1 aliphatic heterocycles. The number of aromatic hydroxyl groups is 1. The molecular weight excluding hydrogens is 300 g/mol. The van der Waals surface area contributed by atoms with E-state index in [4.69, 9.17) is 10.5 Å². The number of hydrogen-bond donors (Lipinski definition) is 2. The molecule has 3 N–H and O–H groups in total. The molecule has 1 saturated heterocycles. The van der Waals surface area contributed by atoms with Gasteiger partial charge in [-0.05, 0) is 50.1 Å². The molecule has 1 aliphatic rings. The van der Waals surface area contributed by atoms with Crippen molar-refractivity contribution in [1.82, 2.24) is 4.90 Å². The molecule has 0 unspecified atom stereocenters. The summed E-state index contributed by atoms with van der Waals surface area (Å²) < 4.78 is 5.75. The zero-order chi connectivity index (χ0) is 15.8. The Hall–Kier alpha value is -1.24. The lowest BCUT2D eigenvalue weighted by Gasteiger charge is -2.32. The van der Waals surface area contributed by atoms with Gasteiger partial charge in [0.05, 0.1) is 11.9 Å². The monoisotopic (exact) mass is 324 g/mol. The number of phenolic OH excluding ortho intramolecular Hbond substituents is 1. The molecular formula is C16H24N2O3S. The minimum absolute atomic E-state index is 0.165. The van der Waals surface area contributed by atoms with Crippen LogP contribution >= 0.6 is 11.8 Å². The number of ether oxygens (including phenoxy) is 1. The van der Waals surface area contributed by atoms with E-state index in [1.165, 1.54) is 11.8 Å². The molecule has 5 nitrogen and oxygen atoms in total. The lowest BCUT2D eigenvalue weighted by atomic mass is 10.1. The number of piperidine rings is 1. The Labute approximate surface area is 135 Å². The van der Waals surface area contributed by atoms with E-state index in [2.05, 4.69) is 0 Å². The van der Waals surface area contributed by atoms with E-state index >= 15 is 0 Å². The third kappa shape index (κ3) is 5.51. The number of nitrogens with zero attached hydrogens (tertiary/aromatic N) is 1. The first-order valence-electron chi connectivity index (χ1n) is 7.70. The second-order valence-corrected chi connectivity index (χ2v) is 6.42. The molecule has 1 amide bonds. The lowest BCUT2D eigenvalue weighted by molar-refractivity contribution is -0.130. The predicted molar refractivity (Wildman–Crippen MR) is 88.1 cm³/mol. The fourth-order valence-electron chi connectivity index (χ4n) is 2.38. The quantitative estimate of drug-likeness (QED) is 0.591. The van der Waals surface area contributed by atoms with Crippen molar-refractivity contribution in [2.45, 2.75) is 30.3 Å². The van der Waals surface area contributed by atoms with Gasteiger partial charge in [-0.1, -0.05) is 0 Å². The van der Waals surface area contributed by atoms with Crippen LogP contribution < -0.4 is 5.73 Å². The van der Waals surface area contributed by atoms with Gasteiger partial charge in [0.15, 0.2) is 0 Å². The smallest absolute Gasteiger partial charge is 0.232 e. The molecule has 22 heavy (non-hydrogen) atoms. The van der Waals surface area contributed by atoms with Crippen LogP contribution in [0.4, 0.5) is 0 Å². The number of phenols is 1. The second-order valence-electron chi connectivity index (χ2n) is 5.38. The average molecular weight is 324 g/mol. The molecule has 2 rings (SSSR count). The number of thioether (sulfide) groups is 1. The molecule has 0 radical (unpaired) electrons. The number of carbonyl (C=O) groups is 1. The Morgan fingerprint density at radius 1 is 1.32 bits per heavy atom. The molecule has 1 heterocycles. The molecule has 0 atom stereocenters. The number of nitrogens with two attached hydrogens (primary N) is 1. The Morgan fingerprint density at radius 2 is 2.00 bits per heavy atom. The maximum atomic E-state index is 12.2. The van der Waals surface area contributed by atoms with Crippen LogP contribution in [0.15, 0.2) is 29.2 Å². The van der Waals surface area contributed by atoms with Gasteiger partial charge >= 0.3 is 0 Å². The summed E-state index contributed by atoms with van der Waals surface area (Å²) in [7, 11) is 0. The zero-order valence-electron chi connectivity index (χ0n) is 12.7. The van der Waals surface area contributed by atoms with Crippen molar-refractivity contribution in [3.05, 3.63) is 24.3 Å². The van der Waals surface area contributed by atoms with Crippen molar-refractivity contribution in [2.75, 3.05) is 32.0 Å². The van der Waals surface area contributed by atoms with Crippen LogP contribution in [0.25, 0.3) is 0 Å². The van der Waals surface area contributed by atoms with Crippen LogP contribution in [0.5, 0.6) is 5.75 Å². The van der Waals surface area contributed by atoms with Gasteiger partial charge < -0.3 is 20.5 Å². The van der Waals surface area contributed by atoms with E-state index in [-0.39, 0.29) is 17.8 Å². The van der Waals surface area contributed by atoms with E-state index in [9.17, 15) is 9.90 Å². The third-order valence-corrected chi connectivity index (χ3v) is 4.69. The summed E-state index contributed by atoms with van der Waals surface area (Å²) in [6, 6.07) is 6.92. The van der Waals surface area contributed by atoms with Gasteiger partial charge in [-0.25, -0.2) is 0 Å². The summed E-state index contributed by atoms with van der Waals surface area (Å²) in [6.45, 7) is 2.90. The Balaban J connectivity index is 1.67. The molecule has 0 saturated carbocycles. The zero-order valence-corrected chi connectivity index (χ0v) is 13.6. The lowest BCUT2D eigenvalue weighted by Crippen LogP contribution is -2.41. The summed E-state index contributed by atoms with van der Waals surface area (Å²) in [5.74, 6) is 0.842.